The van der Waals surface area contributed by atoms with Gasteiger partial charge in [0.05, 0.1) is 0 Å². The van der Waals surface area contributed by atoms with Crippen LogP contribution in [0.15, 0.2) is 24.3 Å². The van der Waals surface area contributed by atoms with Crippen molar-refractivity contribution < 1.29 is 4.79 Å². The lowest BCUT2D eigenvalue weighted by atomic mass is 9.77. The van der Waals surface area contributed by atoms with Gasteiger partial charge in [0.1, 0.15) is 0 Å². The van der Waals surface area contributed by atoms with E-state index < -0.39 is 0 Å². The Hall–Kier alpha value is -1.31. The smallest absolute Gasteiger partial charge is 0.251 e. The third-order valence-corrected chi connectivity index (χ3v) is 4.42. The van der Waals surface area contributed by atoms with Crippen LogP contribution in [0, 0.1) is 5.92 Å². The van der Waals surface area contributed by atoms with Crippen LogP contribution in [0.3, 0.4) is 0 Å². The van der Waals surface area contributed by atoms with Gasteiger partial charge in [-0.15, -0.1) is 0 Å². The second-order valence-corrected chi connectivity index (χ2v) is 5.71. The Morgan fingerprint density at radius 3 is 2.32 bits per heavy atom. The maximum Gasteiger partial charge on any atom is 0.251 e. The first-order valence-electron chi connectivity index (χ1n) is 7.56. The molecule has 1 aromatic carbocycles. The molecule has 0 atom stereocenters. The van der Waals surface area contributed by atoms with Crippen LogP contribution in [0.1, 0.15) is 67.3 Å². The quantitative estimate of drug-likeness (QED) is 0.865. The second-order valence-electron chi connectivity index (χ2n) is 5.71. The van der Waals surface area contributed by atoms with E-state index in [1.807, 2.05) is 12.1 Å². The van der Waals surface area contributed by atoms with Gasteiger partial charge in [-0.2, -0.15) is 0 Å². The van der Waals surface area contributed by atoms with Gasteiger partial charge in [-0.3, -0.25) is 4.79 Å². The van der Waals surface area contributed by atoms with Gasteiger partial charge in [0.2, 0.25) is 0 Å². The molecule has 1 saturated carbocycles. The third-order valence-electron chi connectivity index (χ3n) is 4.42. The minimum atomic E-state index is -0.00166. The highest BCUT2D eigenvalue weighted by atomic mass is 16.1. The summed E-state index contributed by atoms with van der Waals surface area (Å²) in [7, 11) is 1.67. The van der Waals surface area contributed by atoms with Crippen LogP contribution in [0.2, 0.25) is 0 Å². The first kappa shape index (κ1) is 14.1. The Morgan fingerprint density at radius 1 is 1.16 bits per heavy atom. The van der Waals surface area contributed by atoms with Gasteiger partial charge in [0.15, 0.2) is 0 Å². The zero-order valence-corrected chi connectivity index (χ0v) is 12.1. The summed E-state index contributed by atoms with van der Waals surface area (Å²) in [5, 5.41) is 2.66. The van der Waals surface area contributed by atoms with Crippen LogP contribution >= 0.6 is 0 Å². The van der Waals surface area contributed by atoms with Crippen LogP contribution in [0.5, 0.6) is 0 Å². The largest absolute Gasteiger partial charge is 0.355 e. The third kappa shape index (κ3) is 3.59. The van der Waals surface area contributed by atoms with Crippen molar-refractivity contribution in [3.05, 3.63) is 35.4 Å². The standard InChI is InChI=1S/C17H25NO/c1-3-4-13-5-7-14(8-6-13)15-9-11-16(12-10-15)17(19)18-2/h9-14H,3-8H2,1-2H3,(H,18,19). The van der Waals surface area contributed by atoms with Gasteiger partial charge < -0.3 is 5.32 Å². The summed E-state index contributed by atoms with van der Waals surface area (Å²) < 4.78 is 0. The Kier molecular flexibility index (Phi) is 5.00. The van der Waals surface area contributed by atoms with Crippen LogP contribution in [0.4, 0.5) is 0 Å². The highest BCUT2D eigenvalue weighted by molar-refractivity contribution is 5.93. The fourth-order valence-electron chi connectivity index (χ4n) is 3.24. The van der Waals surface area contributed by atoms with Crippen molar-refractivity contribution in [3.8, 4) is 0 Å². The molecule has 19 heavy (non-hydrogen) atoms. The van der Waals surface area contributed by atoms with E-state index in [2.05, 4.69) is 24.4 Å². The van der Waals surface area contributed by atoms with E-state index in [1.54, 1.807) is 7.05 Å². The number of amides is 1. The number of carbonyl (C=O) groups is 1. The van der Waals surface area contributed by atoms with Gasteiger partial charge in [-0.25, -0.2) is 0 Å². The first-order valence-corrected chi connectivity index (χ1v) is 7.56. The van der Waals surface area contributed by atoms with Crippen molar-refractivity contribution in [2.75, 3.05) is 7.05 Å². The lowest BCUT2D eigenvalue weighted by Gasteiger charge is -2.28. The van der Waals surface area contributed by atoms with Gasteiger partial charge in [-0.05, 0) is 55.2 Å². The average Bonchev–Trinajstić information content (AvgIpc) is 2.48. The number of nitrogens with one attached hydrogen (secondary N) is 1. The van der Waals surface area contributed by atoms with E-state index >= 15 is 0 Å². The molecule has 104 valence electrons. The Balaban J connectivity index is 1.94. The molecule has 2 nitrogen and oxygen atoms in total. The van der Waals surface area contributed by atoms with E-state index in [1.165, 1.54) is 44.1 Å². The summed E-state index contributed by atoms with van der Waals surface area (Å²) in [6.07, 6.45) is 8.07. The van der Waals surface area contributed by atoms with E-state index in [-0.39, 0.29) is 5.91 Å². The second kappa shape index (κ2) is 6.74. The van der Waals surface area contributed by atoms with E-state index in [9.17, 15) is 4.79 Å². The predicted octanol–water partition coefficient (Wildman–Crippen LogP) is 4.12. The Morgan fingerprint density at radius 2 is 1.79 bits per heavy atom. The molecule has 0 spiro atoms. The molecule has 0 heterocycles. The van der Waals surface area contributed by atoms with Crippen molar-refractivity contribution in [2.24, 2.45) is 5.92 Å². The molecule has 0 radical (unpaired) electrons. The predicted molar refractivity (Wildman–Crippen MR) is 79.4 cm³/mol. The van der Waals surface area contributed by atoms with Crippen LogP contribution in [-0.2, 0) is 0 Å². The molecule has 2 heteroatoms. The van der Waals surface area contributed by atoms with Crippen LogP contribution in [-0.4, -0.2) is 13.0 Å². The van der Waals surface area contributed by atoms with Crippen molar-refractivity contribution in [2.45, 2.75) is 51.4 Å². The lowest BCUT2D eigenvalue weighted by molar-refractivity contribution is 0.0963. The molecule has 1 aliphatic carbocycles. The minimum Gasteiger partial charge on any atom is -0.355 e. The Labute approximate surface area is 116 Å². The van der Waals surface area contributed by atoms with Crippen LogP contribution < -0.4 is 5.32 Å². The molecular weight excluding hydrogens is 234 g/mol. The lowest BCUT2D eigenvalue weighted by Crippen LogP contribution is -2.18. The highest BCUT2D eigenvalue weighted by Gasteiger charge is 2.21. The van der Waals surface area contributed by atoms with Crippen molar-refractivity contribution in [3.63, 3.8) is 0 Å². The van der Waals surface area contributed by atoms with Gasteiger partial charge in [0.25, 0.3) is 5.91 Å². The zero-order valence-electron chi connectivity index (χ0n) is 12.1. The molecule has 1 N–H and O–H groups in total. The molecule has 1 amide bonds. The Bertz CT molecular complexity index is 402. The number of rotatable bonds is 4. The average molecular weight is 259 g/mol. The number of carbonyl (C=O) groups excluding carboxylic acids is 1. The summed E-state index contributed by atoms with van der Waals surface area (Å²) in [6, 6.07) is 8.17. The summed E-state index contributed by atoms with van der Waals surface area (Å²) in [5.74, 6) is 1.65. The monoisotopic (exact) mass is 259 g/mol. The molecule has 0 bridgehead atoms. The summed E-state index contributed by atoms with van der Waals surface area (Å²) >= 11 is 0. The highest BCUT2D eigenvalue weighted by Crippen LogP contribution is 2.37. The molecule has 0 saturated heterocycles. The van der Waals surface area contributed by atoms with E-state index in [0.717, 1.165) is 11.5 Å². The van der Waals surface area contributed by atoms with Gasteiger partial charge >= 0.3 is 0 Å². The molecule has 0 aromatic heterocycles. The number of hydrogen-bond donors (Lipinski definition) is 1. The normalized spacial score (nSPS) is 23.1. The number of hydrogen-bond acceptors (Lipinski definition) is 1. The van der Waals surface area contributed by atoms with E-state index in [0.29, 0.717) is 5.92 Å². The summed E-state index contributed by atoms with van der Waals surface area (Å²) in [4.78, 5) is 11.5. The fraction of sp³-hybridized carbons (Fsp3) is 0.588. The summed E-state index contributed by atoms with van der Waals surface area (Å²) in [6.45, 7) is 2.28. The van der Waals surface area contributed by atoms with E-state index in [4.69, 9.17) is 0 Å². The van der Waals surface area contributed by atoms with Crippen molar-refractivity contribution in [1.82, 2.24) is 5.32 Å². The zero-order chi connectivity index (χ0) is 13.7. The fourth-order valence-corrected chi connectivity index (χ4v) is 3.24. The topological polar surface area (TPSA) is 29.1 Å². The van der Waals surface area contributed by atoms with Crippen molar-refractivity contribution >= 4 is 5.91 Å². The SMILES string of the molecule is CCCC1CCC(c2ccc(C(=O)NC)cc2)CC1. The van der Waals surface area contributed by atoms with Crippen molar-refractivity contribution in [1.29, 1.82) is 0 Å². The number of benzene rings is 1. The van der Waals surface area contributed by atoms with Gasteiger partial charge in [-0.1, -0.05) is 31.9 Å². The summed E-state index contributed by atoms with van der Waals surface area (Å²) in [5.41, 5.74) is 2.16. The van der Waals surface area contributed by atoms with Crippen LogP contribution in [0.25, 0.3) is 0 Å². The maximum absolute atomic E-state index is 11.5. The maximum atomic E-state index is 11.5. The molecule has 1 aliphatic rings. The first-order chi connectivity index (χ1) is 9.24. The van der Waals surface area contributed by atoms with Gasteiger partial charge in [0, 0.05) is 12.6 Å². The minimum absolute atomic E-state index is 0.00166. The molecule has 0 unspecified atom stereocenters. The molecule has 1 aromatic rings. The molecule has 2 rings (SSSR count). The molecular formula is C17H25NO. The molecule has 0 aliphatic heterocycles. The molecule has 1 fully saturated rings.